The van der Waals surface area contributed by atoms with E-state index in [0.29, 0.717) is 34.7 Å². The lowest BCUT2D eigenvalue weighted by molar-refractivity contribution is -0.132. The molecule has 2 heterocycles. The topological polar surface area (TPSA) is 106 Å². The number of carbonyl (C=O) groups excluding carboxylic acids is 3. The van der Waals surface area contributed by atoms with Gasteiger partial charge < -0.3 is 14.6 Å². The van der Waals surface area contributed by atoms with Crippen LogP contribution in [0.3, 0.4) is 0 Å². The van der Waals surface area contributed by atoms with E-state index in [2.05, 4.69) is 4.98 Å². The minimum absolute atomic E-state index is 0.0622. The third-order valence-electron chi connectivity index (χ3n) is 6.71. The molecular formula is C32H28N2O6S. The molecule has 0 saturated carbocycles. The normalized spacial score (nSPS) is 16.2. The summed E-state index contributed by atoms with van der Waals surface area (Å²) in [4.78, 5) is 45.4. The zero-order valence-electron chi connectivity index (χ0n) is 22.8. The number of ketones is 1. The van der Waals surface area contributed by atoms with Crippen molar-refractivity contribution in [2.24, 2.45) is 0 Å². The second kappa shape index (κ2) is 11.8. The molecule has 8 nitrogen and oxygen atoms in total. The first-order valence-electron chi connectivity index (χ1n) is 13.1. The number of rotatable bonds is 8. The van der Waals surface area contributed by atoms with Gasteiger partial charge in [0.25, 0.3) is 5.78 Å². The molecule has 1 saturated heterocycles. The van der Waals surface area contributed by atoms with Crippen molar-refractivity contribution in [3.05, 3.63) is 117 Å². The summed E-state index contributed by atoms with van der Waals surface area (Å²) in [5, 5.41) is 11.7. The number of aliphatic hydroxyl groups is 1. The summed E-state index contributed by atoms with van der Waals surface area (Å²) < 4.78 is 11.0. The van der Waals surface area contributed by atoms with Crippen LogP contribution in [-0.2, 0) is 20.9 Å². The highest BCUT2D eigenvalue weighted by molar-refractivity contribution is 7.17. The van der Waals surface area contributed by atoms with Gasteiger partial charge in [-0.25, -0.2) is 9.78 Å². The van der Waals surface area contributed by atoms with Gasteiger partial charge in [-0.05, 0) is 55.7 Å². The van der Waals surface area contributed by atoms with E-state index in [1.807, 2.05) is 36.4 Å². The molecule has 1 atom stereocenters. The first-order chi connectivity index (χ1) is 19.8. The van der Waals surface area contributed by atoms with Crippen LogP contribution in [0.25, 0.3) is 5.76 Å². The molecule has 1 amide bonds. The second-order valence-corrected chi connectivity index (χ2v) is 10.4. The number of hydrogen-bond acceptors (Lipinski definition) is 8. The van der Waals surface area contributed by atoms with Gasteiger partial charge in [0.2, 0.25) is 0 Å². The van der Waals surface area contributed by atoms with E-state index in [-0.39, 0.29) is 27.9 Å². The minimum Gasteiger partial charge on any atom is -0.507 e. The molecule has 41 heavy (non-hydrogen) atoms. The largest absolute Gasteiger partial charge is 0.507 e. The van der Waals surface area contributed by atoms with E-state index in [9.17, 15) is 19.5 Å². The third kappa shape index (κ3) is 5.49. The Morgan fingerprint density at radius 3 is 2.34 bits per heavy atom. The zero-order valence-corrected chi connectivity index (χ0v) is 23.6. The number of Topliss-reactive ketones (excluding diaryl/α,β-unsaturated/α-hetero) is 1. The van der Waals surface area contributed by atoms with Gasteiger partial charge in [0, 0.05) is 5.56 Å². The van der Waals surface area contributed by atoms with Crippen LogP contribution in [0.4, 0.5) is 5.13 Å². The lowest BCUT2D eigenvalue weighted by atomic mass is 9.94. The van der Waals surface area contributed by atoms with Crippen LogP contribution in [0.2, 0.25) is 0 Å². The standard InChI is InChI=1S/C32H28N2O6S/c1-4-39-31(38)29-20(3)33-32(41-29)34-26(22-13-9-6-10-14-22)25(28(36)30(34)37)27(35)24-16-15-23(17-19(24)2)40-18-21-11-7-5-8-12-21/h5-17,26,35H,4,18H2,1-3H3/b27-25-. The van der Waals surface area contributed by atoms with E-state index in [1.165, 1.54) is 4.90 Å². The Balaban J connectivity index is 1.55. The predicted molar refractivity (Wildman–Crippen MR) is 156 cm³/mol. The van der Waals surface area contributed by atoms with Gasteiger partial charge >= 0.3 is 11.9 Å². The maximum atomic E-state index is 13.5. The SMILES string of the molecule is CCOC(=O)c1sc(N2C(=O)C(=O)/C(=C(\O)c3ccc(OCc4ccccc4)cc3C)C2c2ccccc2)nc1C. The smallest absolute Gasteiger partial charge is 0.350 e. The Kier molecular flexibility index (Phi) is 7.98. The van der Waals surface area contributed by atoms with Crippen LogP contribution >= 0.6 is 11.3 Å². The molecule has 0 bridgehead atoms. The number of esters is 1. The molecule has 1 N–H and O–H groups in total. The molecule has 1 unspecified atom stereocenters. The number of carbonyl (C=O) groups is 3. The fourth-order valence-electron chi connectivity index (χ4n) is 4.73. The number of thiazole rings is 1. The van der Waals surface area contributed by atoms with Crippen molar-refractivity contribution >= 4 is 39.9 Å². The van der Waals surface area contributed by atoms with Crippen LogP contribution in [-0.4, -0.2) is 34.4 Å². The molecule has 1 aromatic heterocycles. The van der Waals surface area contributed by atoms with E-state index >= 15 is 0 Å². The number of benzene rings is 3. The Morgan fingerprint density at radius 1 is 1.00 bits per heavy atom. The van der Waals surface area contributed by atoms with Gasteiger partial charge in [0.05, 0.1) is 23.9 Å². The predicted octanol–water partition coefficient (Wildman–Crippen LogP) is 6.14. The number of ether oxygens (including phenoxy) is 2. The summed E-state index contributed by atoms with van der Waals surface area (Å²) in [6.45, 7) is 5.72. The van der Waals surface area contributed by atoms with Gasteiger partial charge in [-0.3, -0.25) is 14.5 Å². The van der Waals surface area contributed by atoms with Crippen molar-refractivity contribution in [3.63, 3.8) is 0 Å². The van der Waals surface area contributed by atoms with Crippen LogP contribution in [0.5, 0.6) is 5.75 Å². The highest BCUT2D eigenvalue weighted by Gasteiger charge is 2.48. The van der Waals surface area contributed by atoms with Crippen molar-refractivity contribution in [2.75, 3.05) is 11.5 Å². The fourth-order valence-corrected chi connectivity index (χ4v) is 5.72. The molecule has 9 heteroatoms. The summed E-state index contributed by atoms with van der Waals surface area (Å²) in [6.07, 6.45) is 0. The number of amides is 1. The lowest BCUT2D eigenvalue weighted by Gasteiger charge is -2.23. The summed E-state index contributed by atoms with van der Waals surface area (Å²) in [6, 6.07) is 22.9. The van der Waals surface area contributed by atoms with E-state index in [4.69, 9.17) is 9.47 Å². The van der Waals surface area contributed by atoms with Crippen LogP contribution in [0.15, 0.2) is 84.4 Å². The first kappa shape index (κ1) is 27.8. The average molecular weight is 569 g/mol. The van der Waals surface area contributed by atoms with Gasteiger partial charge in [-0.2, -0.15) is 0 Å². The molecule has 3 aromatic carbocycles. The molecule has 208 valence electrons. The molecule has 0 spiro atoms. The zero-order chi connectivity index (χ0) is 29.1. The molecule has 5 rings (SSSR count). The quantitative estimate of drug-likeness (QED) is 0.118. The minimum atomic E-state index is -0.954. The molecule has 4 aromatic rings. The van der Waals surface area contributed by atoms with Gasteiger partial charge in [0.1, 0.15) is 23.0 Å². The lowest BCUT2D eigenvalue weighted by Crippen LogP contribution is -2.29. The number of anilines is 1. The number of nitrogens with zero attached hydrogens (tertiary/aromatic N) is 2. The molecule has 0 radical (unpaired) electrons. The highest BCUT2D eigenvalue weighted by Crippen LogP contribution is 2.44. The van der Waals surface area contributed by atoms with Crippen molar-refractivity contribution < 1.29 is 29.0 Å². The van der Waals surface area contributed by atoms with Gasteiger partial charge in [0.15, 0.2) is 5.13 Å². The van der Waals surface area contributed by atoms with Crippen LogP contribution in [0.1, 0.15) is 50.6 Å². The summed E-state index contributed by atoms with van der Waals surface area (Å²) in [5.74, 6) is -1.93. The van der Waals surface area contributed by atoms with Crippen molar-refractivity contribution in [2.45, 2.75) is 33.4 Å². The van der Waals surface area contributed by atoms with Crippen molar-refractivity contribution in [1.29, 1.82) is 0 Å². The summed E-state index contributed by atoms with van der Waals surface area (Å²) in [7, 11) is 0. The molecule has 1 aliphatic rings. The van der Waals surface area contributed by atoms with Gasteiger partial charge in [-0.15, -0.1) is 0 Å². The second-order valence-electron chi connectivity index (χ2n) is 9.46. The van der Waals surface area contributed by atoms with Gasteiger partial charge in [-0.1, -0.05) is 72.0 Å². The van der Waals surface area contributed by atoms with E-state index < -0.39 is 23.7 Å². The monoisotopic (exact) mass is 568 g/mol. The van der Waals surface area contributed by atoms with E-state index in [1.54, 1.807) is 63.2 Å². The number of aliphatic hydroxyl groups excluding tert-OH is 1. The average Bonchev–Trinajstić information content (AvgIpc) is 3.49. The Bertz CT molecular complexity index is 1650. The Labute approximate surface area is 241 Å². The first-order valence-corrected chi connectivity index (χ1v) is 13.9. The van der Waals surface area contributed by atoms with Crippen LogP contribution < -0.4 is 9.64 Å². The molecular weight excluding hydrogens is 540 g/mol. The highest BCUT2D eigenvalue weighted by atomic mass is 32.1. The van der Waals surface area contributed by atoms with Crippen molar-refractivity contribution in [1.82, 2.24) is 4.98 Å². The van der Waals surface area contributed by atoms with E-state index in [0.717, 1.165) is 16.9 Å². The maximum Gasteiger partial charge on any atom is 0.350 e. The molecule has 1 aliphatic heterocycles. The summed E-state index contributed by atoms with van der Waals surface area (Å²) >= 11 is 0.974. The molecule has 0 aliphatic carbocycles. The van der Waals surface area contributed by atoms with Crippen molar-refractivity contribution in [3.8, 4) is 5.75 Å². The number of aromatic nitrogens is 1. The number of hydrogen-bond donors (Lipinski definition) is 1. The third-order valence-corrected chi connectivity index (χ3v) is 7.85. The molecule has 1 fully saturated rings. The Morgan fingerprint density at radius 2 is 1.68 bits per heavy atom. The maximum absolute atomic E-state index is 13.5. The summed E-state index contributed by atoms with van der Waals surface area (Å²) in [5.41, 5.74) is 3.02. The fraction of sp³-hybridized carbons (Fsp3) is 0.188. The Hall–Kier alpha value is -4.76. The number of aryl methyl sites for hydroxylation is 2. The van der Waals surface area contributed by atoms with Crippen LogP contribution in [0, 0.1) is 13.8 Å².